The van der Waals surface area contributed by atoms with E-state index in [0.717, 1.165) is 37.7 Å². The Morgan fingerprint density at radius 1 is 0.893 bits per heavy atom. The first-order chi connectivity index (χ1) is 26.9. The van der Waals surface area contributed by atoms with Gasteiger partial charge in [-0.2, -0.15) is 0 Å². The molecule has 8 bridgehead atoms. The number of rotatable bonds is 2. The van der Waals surface area contributed by atoms with Crippen LogP contribution in [0.25, 0.3) is 0 Å². The Labute approximate surface area is 327 Å². The van der Waals surface area contributed by atoms with E-state index in [-0.39, 0.29) is 60.2 Å². The quantitative estimate of drug-likeness (QED) is 0.122. The maximum atomic E-state index is 14.9. The van der Waals surface area contributed by atoms with Crippen LogP contribution < -0.4 is 4.74 Å². The van der Waals surface area contributed by atoms with Crippen molar-refractivity contribution in [2.24, 2.45) is 11.8 Å². The third-order valence-electron chi connectivity index (χ3n) is 13.4. The van der Waals surface area contributed by atoms with Gasteiger partial charge in [0.05, 0.1) is 18.9 Å². The average molecular weight is 759 g/mol. The van der Waals surface area contributed by atoms with Gasteiger partial charge in [-0.1, -0.05) is 67.5 Å². The van der Waals surface area contributed by atoms with Gasteiger partial charge in [0.25, 0.3) is 0 Å². The van der Waals surface area contributed by atoms with Crippen molar-refractivity contribution in [3.05, 3.63) is 99.6 Å². The van der Waals surface area contributed by atoms with Gasteiger partial charge in [-0.15, -0.1) is 0 Å². The molecule has 0 radical (unpaired) electrons. The normalized spacial score (nSPS) is 28.8. The third-order valence-corrected chi connectivity index (χ3v) is 13.4. The smallest absolute Gasteiger partial charge is 0.334 e. The van der Waals surface area contributed by atoms with Crippen LogP contribution in [-0.4, -0.2) is 49.9 Å². The summed E-state index contributed by atoms with van der Waals surface area (Å²) in [6.07, 6.45) is 8.23. The maximum Gasteiger partial charge on any atom is 0.334 e. The molecule has 292 valence electrons. The lowest BCUT2D eigenvalue weighted by Gasteiger charge is -2.42. The fraction of sp³-hybridized carbons (Fsp3) is 0.468. The number of phenolic OH excluding ortho intramolecular Hbond substituents is 2. The predicted octanol–water partition coefficient (Wildman–Crippen LogP) is 7.14. The first kappa shape index (κ1) is 38.0. The van der Waals surface area contributed by atoms with Gasteiger partial charge < -0.3 is 29.9 Å². The zero-order valence-corrected chi connectivity index (χ0v) is 31.9. The Balaban J connectivity index is 1.34. The van der Waals surface area contributed by atoms with Crippen molar-refractivity contribution >= 4 is 17.7 Å². The maximum absolute atomic E-state index is 14.9. The number of ether oxygens (including phenoxy) is 2. The molecule has 2 saturated carbocycles. The molecule has 0 amide bonds. The minimum atomic E-state index is -1.60. The molecule has 5 aliphatic rings. The number of aliphatic hydroxyl groups excluding tert-OH is 1. The zero-order chi connectivity index (χ0) is 39.2. The molecule has 0 aromatic heterocycles. The van der Waals surface area contributed by atoms with E-state index < -0.39 is 41.4 Å². The predicted molar refractivity (Wildman–Crippen MR) is 208 cm³/mol. The molecule has 9 nitrogen and oxygen atoms in total. The number of phenols is 2. The Hall–Kier alpha value is -4.91. The molecule has 6 unspecified atom stereocenters. The minimum absolute atomic E-state index is 0.0305. The molecule has 56 heavy (non-hydrogen) atoms. The highest BCUT2D eigenvalue weighted by atomic mass is 16.6. The lowest BCUT2D eigenvalue weighted by atomic mass is 9.66. The molecule has 9 heteroatoms. The highest BCUT2D eigenvalue weighted by Gasteiger charge is 2.47. The summed E-state index contributed by atoms with van der Waals surface area (Å²) in [7, 11) is 0. The Morgan fingerprint density at radius 2 is 1.70 bits per heavy atom. The lowest BCUT2D eigenvalue weighted by molar-refractivity contribution is -0.170. The van der Waals surface area contributed by atoms with E-state index in [9.17, 15) is 34.8 Å². The van der Waals surface area contributed by atoms with Crippen LogP contribution in [0.15, 0.2) is 66.2 Å². The van der Waals surface area contributed by atoms with Crippen LogP contribution in [0.2, 0.25) is 0 Å². The fourth-order valence-corrected chi connectivity index (χ4v) is 9.99. The summed E-state index contributed by atoms with van der Waals surface area (Å²) in [5.74, 6) is 3.74. The van der Waals surface area contributed by atoms with Gasteiger partial charge in [0.2, 0.25) is 0 Å². The van der Waals surface area contributed by atoms with Crippen molar-refractivity contribution in [2.75, 3.05) is 0 Å². The standard InChI is InChI=1S/C47H50O9/c1-46(54)36-10-11-40(50)34(21-36)16-28-6-5-7-37(18-28)47(13-3-2-4-14-47)15-12-32-20-30(33-17-29(27-48)19-38(49)22-33)8-9-31-25-44(52)55-42-26-41(51)35(23-39(31)42)24-43(46)56-45(32)53/h5-7,12,17-19,22-23,26,30-31,34,36,43,48-49,51,54H,2-4,10-11,13-16,20-21,24-25,27H2,1H3. The van der Waals surface area contributed by atoms with Crippen LogP contribution in [0.3, 0.4) is 0 Å². The SMILES string of the molecule is CC1(O)C2CCC(=O)C(Cc3cccc(c3)C3(CC=C4CC(c5cc(O)cc(CO)c5)C#CC5CC(=O)Oc6cc(O)c(cc65)CC1OC4=O)CCCCC3)C2. The molecule has 3 heterocycles. The zero-order valence-electron chi connectivity index (χ0n) is 31.9. The van der Waals surface area contributed by atoms with Crippen molar-refractivity contribution in [2.45, 2.75) is 126 Å². The number of hydrogen-bond acceptors (Lipinski definition) is 9. The molecule has 6 atom stereocenters. The molecule has 2 fully saturated rings. The summed E-state index contributed by atoms with van der Waals surface area (Å²) in [6, 6.07) is 16.5. The van der Waals surface area contributed by atoms with Crippen LogP contribution in [0.4, 0.5) is 0 Å². The van der Waals surface area contributed by atoms with Gasteiger partial charge in [0.1, 0.15) is 34.7 Å². The molecular formula is C47H50O9. The molecular weight excluding hydrogens is 709 g/mol. The molecule has 3 aromatic carbocycles. The van der Waals surface area contributed by atoms with Gasteiger partial charge in [-0.25, -0.2) is 4.79 Å². The largest absolute Gasteiger partial charge is 0.508 e. The summed E-state index contributed by atoms with van der Waals surface area (Å²) < 4.78 is 12.1. The van der Waals surface area contributed by atoms with Gasteiger partial charge >= 0.3 is 11.9 Å². The van der Waals surface area contributed by atoms with Crippen molar-refractivity contribution in [1.29, 1.82) is 0 Å². The second-order valence-corrected chi connectivity index (χ2v) is 17.0. The van der Waals surface area contributed by atoms with E-state index in [1.54, 1.807) is 25.1 Å². The number of carbonyl (C=O) groups excluding carboxylic acids is 3. The number of hydrogen-bond donors (Lipinski definition) is 4. The number of aromatic hydroxyl groups is 2. The van der Waals surface area contributed by atoms with E-state index in [1.807, 2.05) is 6.08 Å². The van der Waals surface area contributed by atoms with Crippen LogP contribution in [0, 0.1) is 23.7 Å². The molecule has 1 spiro atoms. The second-order valence-electron chi connectivity index (χ2n) is 17.0. The van der Waals surface area contributed by atoms with Crippen molar-refractivity contribution < 1.29 is 44.3 Å². The molecule has 2 aliphatic carbocycles. The highest BCUT2D eigenvalue weighted by molar-refractivity contribution is 5.89. The van der Waals surface area contributed by atoms with Crippen molar-refractivity contribution in [3.8, 4) is 29.1 Å². The topological polar surface area (TPSA) is 151 Å². The minimum Gasteiger partial charge on any atom is -0.508 e. The van der Waals surface area contributed by atoms with E-state index in [4.69, 9.17) is 9.47 Å². The van der Waals surface area contributed by atoms with E-state index in [1.165, 1.54) is 17.7 Å². The molecule has 3 aromatic rings. The first-order valence-corrected chi connectivity index (χ1v) is 20.2. The molecule has 0 saturated heterocycles. The van der Waals surface area contributed by atoms with E-state index in [2.05, 4.69) is 36.1 Å². The number of fused-ring (bicyclic) bond motifs is 9. The molecule has 8 rings (SSSR count). The van der Waals surface area contributed by atoms with Gasteiger partial charge in [0.15, 0.2) is 0 Å². The fourth-order valence-electron chi connectivity index (χ4n) is 9.99. The van der Waals surface area contributed by atoms with Gasteiger partial charge in [-0.3, -0.25) is 9.59 Å². The summed E-state index contributed by atoms with van der Waals surface area (Å²) in [4.78, 5) is 41.2. The van der Waals surface area contributed by atoms with Crippen LogP contribution >= 0.6 is 0 Å². The van der Waals surface area contributed by atoms with E-state index >= 15 is 0 Å². The average Bonchev–Trinajstić information content (AvgIpc) is 3.18. The Kier molecular flexibility index (Phi) is 10.3. The Morgan fingerprint density at radius 3 is 2.50 bits per heavy atom. The lowest BCUT2D eigenvalue weighted by Crippen LogP contribution is -2.52. The number of ketones is 1. The van der Waals surface area contributed by atoms with Gasteiger partial charge in [0, 0.05) is 41.9 Å². The number of allylic oxidation sites excluding steroid dienone is 1. The van der Waals surface area contributed by atoms with Crippen LogP contribution in [0.5, 0.6) is 17.2 Å². The van der Waals surface area contributed by atoms with Crippen molar-refractivity contribution in [1.82, 2.24) is 0 Å². The number of esters is 2. The first-order valence-electron chi connectivity index (χ1n) is 20.2. The summed E-state index contributed by atoms with van der Waals surface area (Å²) in [6.45, 7) is 1.36. The van der Waals surface area contributed by atoms with E-state index in [0.29, 0.717) is 59.9 Å². The third kappa shape index (κ3) is 7.49. The number of aliphatic hydroxyl groups is 2. The number of carbonyl (C=O) groups is 3. The van der Waals surface area contributed by atoms with Crippen LogP contribution in [-0.2, 0) is 44.0 Å². The number of benzene rings is 3. The monoisotopic (exact) mass is 758 g/mol. The molecule has 4 N–H and O–H groups in total. The number of Topliss-reactive ketones (excluding diaryl/α,β-unsaturated/α-hetero) is 1. The summed E-state index contributed by atoms with van der Waals surface area (Å²) >= 11 is 0. The summed E-state index contributed by atoms with van der Waals surface area (Å²) in [5.41, 5.74) is 2.87. The van der Waals surface area contributed by atoms with Gasteiger partial charge in [-0.05, 0) is 109 Å². The molecule has 3 aliphatic heterocycles. The second kappa shape index (κ2) is 15.2. The Bertz CT molecular complexity index is 2150. The van der Waals surface area contributed by atoms with Crippen molar-refractivity contribution in [3.63, 3.8) is 0 Å². The summed E-state index contributed by atoms with van der Waals surface area (Å²) in [5, 5.41) is 44.8. The van der Waals surface area contributed by atoms with Crippen LogP contribution in [0.1, 0.15) is 123 Å². The highest BCUT2D eigenvalue weighted by Crippen LogP contribution is 2.46.